The molecule has 10 atom stereocenters. The normalized spacial score (nSPS) is 32.9. The Kier molecular flexibility index (Phi) is 11.3. The Morgan fingerprint density at radius 3 is 1.53 bits per heavy atom. The highest BCUT2D eigenvalue weighted by molar-refractivity contribution is 5.15. The molecule has 0 aromatic heterocycles. The standard InChI is InChI=1S/C33H40O10/c1-21-28(38-18-22-11-5-2-6-12-22)30(39-19-23-13-7-3-8-14-23)31(40-20-24-15-9-4-10-16-24)33(41-21)43-29-27(36)26(35)25(17-34)42-32(29)37/h2-16,21,25-37H,17-20H2,1H3/t21-,25+,26+,27-,28+,29+,30+,31-,32+,33-/m0/s1. The van der Waals surface area contributed by atoms with Gasteiger partial charge >= 0.3 is 0 Å². The Morgan fingerprint density at radius 1 is 0.581 bits per heavy atom. The van der Waals surface area contributed by atoms with E-state index in [0.717, 1.165) is 16.7 Å². The fourth-order valence-corrected chi connectivity index (χ4v) is 5.35. The summed E-state index contributed by atoms with van der Waals surface area (Å²) in [5, 5.41) is 41.4. The molecule has 2 saturated heterocycles. The van der Waals surface area contributed by atoms with Gasteiger partial charge in [-0.3, -0.25) is 0 Å². The molecule has 3 aromatic rings. The molecule has 2 heterocycles. The molecule has 4 N–H and O–H groups in total. The highest BCUT2D eigenvalue weighted by Gasteiger charge is 2.51. The minimum Gasteiger partial charge on any atom is -0.394 e. The van der Waals surface area contributed by atoms with Crippen LogP contribution in [0.2, 0.25) is 0 Å². The maximum Gasteiger partial charge on any atom is 0.187 e. The smallest absolute Gasteiger partial charge is 0.187 e. The largest absolute Gasteiger partial charge is 0.394 e. The van der Waals surface area contributed by atoms with E-state index >= 15 is 0 Å². The van der Waals surface area contributed by atoms with Gasteiger partial charge in [0.1, 0.15) is 42.7 Å². The van der Waals surface area contributed by atoms with Crippen LogP contribution in [0.5, 0.6) is 0 Å². The molecule has 10 heteroatoms. The van der Waals surface area contributed by atoms with Crippen LogP contribution in [0.25, 0.3) is 0 Å². The number of aliphatic hydroxyl groups excluding tert-OH is 4. The van der Waals surface area contributed by atoms with Crippen LogP contribution in [0.3, 0.4) is 0 Å². The average molecular weight is 597 g/mol. The fourth-order valence-electron chi connectivity index (χ4n) is 5.35. The van der Waals surface area contributed by atoms with Crippen LogP contribution in [-0.2, 0) is 48.2 Å². The van der Waals surface area contributed by atoms with Gasteiger partial charge in [-0.15, -0.1) is 0 Å². The zero-order chi connectivity index (χ0) is 30.2. The van der Waals surface area contributed by atoms with E-state index in [4.69, 9.17) is 28.4 Å². The van der Waals surface area contributed by atoms with Gasteiger partial charge in [0, 0.05) is 0 Å². The lowest BCUT2D eigenvalue weighted by atomic mass is 9.97. The zero-order valence-corrected chi connectivity index (χ0v) is 24.0. The molecule has 2 aliphatic heterocycles. The van der Waals surface area contributed by atoms with E-state index in [1.54, 1.807) is 0 Å². The molecule has 0 unspecified atom stereocenters. The maximum atomic E-state index is 10.8. The summed E-state index contributed by atoms with van der Waals surface area (Å²) in [4.78, 5) is 0. The van der Waals surface area contributed by atoms with Gasteiger partial charge in [-0.05, 0) is 23.6 Å². The van der Waals surface area contributed by atoms with Crippen molar-refractivity contribution in [1.29, 1.82) is 0 Å². The fraction of sp³-hybridized carbons (Fsp3) is 0.455. The van der Waals surface area contributed by atoms with Crippen molar-refractivity contribution in [3.05, 3.63) is 108 Å². The molecular weight excluding hydrogens is 556 g/mol. The first-order chi connectivity index (χ1) is 20.9. The van der Waals surface area contributed by atoms with Crippen molar-refractivity contribution < 1.29 is 48.8 Å². The van der Waals surface area contributed by atoms with E-state index in [2.05, 4.69) is 0 Å². The van der Waals surface area contributed by atoms with Crippen LogP contribution in [-0.4, -0.2) is 88.4 Å². The van der Waals surface area contributed by atoms with E-state index in [9.17, 15) is 20.4 Å². The number of hydrogen-bond acceptors (Lipinski definition) is 10. The van der Waals surface area contributed by atoms with Crippen LogP contribution >= 0.6 is 0 Å². The molecule has 2 fully saturated rings. The number of rotatable bonds is 12. The molecule has 43 heavy (non-hydrogen) atoms. The second kappa shape index (κ2) is 15.3. The predicted octanol–water partition coefficient (Wildman–Crippen LogP) is 2.30. The van der Waals surface area contributed by atoms with Crippen LogP contribution in [0.1, 0.15) is 23.6 Å². The second-order valence-electron chi connectivity index (χ2n) is 10.8. The van der Waals surface area contributed by atoms with E-state index < -0.39 is 68.0 Å². The van der Waals surface area contributed by atoms with Gasteiger partial charge in [-0.1, -0.05) is 91.0 Å². The zero-order valence-electron chi connectivity index (χ0n) is 24.0. The Balaban J connectivity index is 1.42. The third-order valence-electron chi connectivity index (χ3n) is 7.72. The van der Waals surface area contributed by atoms with Crippen LogP contribution in [0.4, 0.5) is 0 Å². The molecular formula is C33H40O10. The van der Waals surface area contributed by atoms with E-state index in [-0.39, 0.29) is 13.2 Å². The van der Waals surface area contributed by atoms with Gasteiger partial charge in [-0.2, -0.15) is 0 Å². The minimum atomic E-state index is -1.64. The quantitative estimate of drug-likeness (QED) is 0.247. The molecule has 0 amide bonds. The average Bonchev–Trinajstić information content (AvgIpc) is 3.04. The number of hydrogen-bond donors (Lipinski definition) is 4. The summed E-state index contributed by atoms with van der Waals surface area (Å²) in [6.07, 6.45) is -11.1. The predicted molar refractivity (Wildman–Crippen MR) is 154 cm³/mol. The van der Waals surface area contributed by atoms with Gasteiger partial charge < -0.3 is 48.8 Å². The Morgan fingerprint density at radius 2 is 1.05 bits per heavy atom. The number of benzene rings is 3. The van der Waals surface area contributed by atoms with E-state index in [1.807, 2.05) is 97.9 Å². The molecule has 0 bridgehead atoms. The van der Waals surface area contributed by atoms with Gasteiger partial charge in [0.2, 0.25) is 0 Å². The molecule has 0 aliphatic carbocycles. The lowest BCUT2D eigenvalue weighted by Gasteiger charge is -2.47. The summed E-state index contributed by atoms with van der Waals surface area (Å²) in [7, 11) is 0. The molecule has 3 aromatic carbocycles. The lowest BCUT2D eigenvalue weighted by Crippen LogP contribution is -2.64. The molecule has 2 aliphatic rings. The van der Waals surface area contributed by atoms with E-state index in [1.165, 1.54) is 0 Å². The van der Waals surface area contributed by atoms with Crippen molar-refractivity contribution in [2.45, 2.75) is 88.2 Å². The molecule has 232 valence electrons. The summed E-state index contributed by atoms with van der Waals surface area (Å²) >= 11 is 0. The molecule has 0 spiro atoms. The summed E-state index contributed by atoms with van der Waals surface area (Å²) in [6, 6.07) is 29.1. The van der Waals surface area contributed by atoms with Crippen LogP contribution in [0.15, 0.2) is 91.0 Å². The van der Waals surface area contributed by atoms with Gasteiger partial charge in [-0.25, -0.2) is 0 Å². The first-order valence-electron chi connectivity index (χ1n) is 14.5. The summed E-state index contributed by atoms with van der Waals surface area (Å²) in [5.41, 5.74) is 2.84. The molecule has 0 radical (unpaired) electrons. The molecule has 10 nitrogen and oxygen atoms in total. The molecule has 0 saturated carbocycles. The van der Waals surface area contributed by atoms with Crippen molar-refractivity contribution in [3.63, 3.8) is 0 Å². The van der Waals surface area contributed by atoms with Crippen LogP contribution in [0, 0.1) is 0 Å². The second-order valence-corrected chi connectivity index (χ2v) is 10.8. The lowest BCUT2D eigenvalue weighted by molar-refractivity contribution is -0.369. The Bertz CT molecular complexity index is 1220. The highest BCUT2D eigenvalue weighted by atomic mass is 16.7. The highest BCUT2D eigenvalue weighted by Crippen LogP contribution is 2.33. The van der Waals surface area contributed by atoms with Gasteiger partial charge in [0.15, 0.2) is 12.6 Å². The third-order valence-corrected chi connectivity index (χ3v) is 7.72. The first kappa shape index (κ1) is 31.7. The third kappa shape index (κ3) is 8.05. The number of ether oxygens (including phenoxy) is 6. The monoisotopic (exact) mass is 596 g/mol. The van der Waals surface area contributed by atoms with Crippen molar-refractivity contribution in [2.75, 3.05) is 6.61 Å². The summed E-state index contributed by atoms with van der Waals surface area (Å²) < 4.78 is 37.1. The van der Waals surface area contributed by atoms with E-state index in [0.29, 0.717) is 6.61 Å². The maximum absolute atomic E-state index is 10.8. The van der Waals surface area contributed by atoms with Crippen molar-refractivity contribution >= 4 is 0 Å². The Hall–Kier alpha value is -2.74. The van der Waals surface area contributed by atoms with Crippen molar-refractivity contribution in [2.24, 2.45) is 0 Å². The summed E-state index contributed by atoms with van der Waals surface area (Å²) in [5.74, 6) is 0. The van der Waals surface area contributed by atoms with Crippen molar-refractivity contribution in [1.82, 2.24) is 0 Å². The minimum absolute atomic E-state index is 0.196. The Labute approximate surface area is 251 Å². The first-order valence-corrected chi connectivity index (χ1v) is 14.5. The van der Waals surface area contributed by atoms with Gasteiger partial charge in [0.05, 0.1) is 32.5 Å². The molecule has 5 rings (SSSR count). The topological polar surface area (TPSA) is 136 Å². The van der Waals surface area contributed by atoms with Crippen molar-refractivity contribution in [3.8, 4) is 0 Å². The van der Waals surface area contributed by atoms with Crippen LogP contribution < -0.4 is 0 Å². The summed E-state index contributed by atoms with van der Waals surface area (Å²) in [6.45, 7) is 2.01. The number of aliphatic hydroxyl groups is 4. The van der Waals surface area contributed by atoms with Gasteiger partial charge in [0.25, 0.3) is 0 Å². The SMILES string of the molecule is C[C@@H]1O[C@@H](O[C@@H]2[C@@H](O)[C@H](O)[C@@H](CO)O[C@H]2O)[C@@H](OCc2ccccc2)[C@H](OCc2ccccc2)[C@@H]1OCc1ccccc1.